The fraction of sp³-hybridized carbons (Fsp3) is 0.417. The van der Waals surface area contributed by atoms with Crippen molar-refractivity contribution in [1.82, 2.24) is 20.2 Å². The van der Waals surface area contributed by atoms with Crippen molar-refractivity contribution in [2.45, 2.75) is 38.2 Å². The predicted octanol–water partition coefficient (Wildman–Crippen LogP) is 0.618. The standard InChI is InChI=1S/C12H17N5O3S/c1-3-10-11(4-2)15-16-12(14-10)17-21(19,20)9-5-8(7-18)13-6-9/h5-6,13,18H,3-4,7H2,1-2H3,(H,14,16,17). The van der Waals surface area contributed by atoms with Gasteiger partial charge in [0, 0.05) is 11.9 Å². The van der Waals surface area contributed by atoms with Crippen LogP contribution in [0.1, 0.15) is 30.9 Å². The van der Waals surface area contributed by atoms with E-state index < -0.39 is 10.0 Å². The molecule has 2 aromatic heterocycles. The van der Waals surface area contributed by atoms with Crippen LogP contribution in [-0.4, -0.2) is 33.7 Å². The zero-order chi connectivity index (χ0) is 15.5. The molecule has 21 heavy (non-hydrogen) atoms. The highest BCUT2D eigenvalue weighted by molar-refractivity contribution is 7.92. The van der Waals surface area contributed by atoms with E-state index in [9.17, 15) is 8.42 Å². The van der Waals surface area contributed by atoms with Crippen LogP contribution in [0, 0.1) is 0 Å². The van der Waals surface area contributed by atoms with E-state index in [0.29, 0.717) is 18.5 Å². The molecule has 9 heteroatoms. The lowest BCUT2D eigenvalue weighted by Gasteiger charge is -2.07. The summed E-state index contributed by atoms with van der Waals surface area (Å²) in [6, 6.07) is 1.34. The number of aromatic nitrogens is 4. The van der Waals surface area contributed by atoms with Crippen molar-refractivity contribution < 1.29 is 13.5 Å². The van der Waals surface area contributed by atoms with Crippen molar-refractivity contribution in [3.05, 3.63) is 29.3 Å². The Morgan fingerprint density at radius 2 is 1.95 bits per heavy atom. The number of hydrogen-bond acceptors (Lipinski definition) is 6. The second-order valence-electron chi connectivity index (χ2n) is 4.36. The SMILES string of the molecule is CCc1nnc(NS(=O)(=O)c2c[nH]c(CO)c2)nc1CC. The number of hydrogen-bond donors (Lipinski definition) is 3. The molecule has 0 saturated carbocycles. The number of nitrogens with one attached hydrogen (secondary N) is 2. The molecular formula is C12H17N5O3S. The number of H-pyrrole nitrogens is 1. The van der Waals surface area contributed by atoms with Gasteiger partial charge in [-0.05, 0) is 18.9 Å². The van der Waals surface area contributed by atoms with Crippen molar-refractivity contribution in [2.75, 3.05) is 4.72 Å². The number of aliphatic hydroxyl groups is 1. The fourth-order valence-corrected chi connectivity index (χ4v) is 2.78. The Morgan fingerprint density at radius 3 is 2.52 bits per heavy atom. The Morgan fingerprint density at radius 1 is 1.24 bits per heavy atom. The fourth-order valence-electron chi connectivity index (χ4n) is 1.83. The minimum absolute atomic E-state index is 0.00719. The lowest BCUT2D eigenvalue weighted by atomic mass is 10.2. The van der Waals surface area contributed by atoms with Crippen molar-refractivity contribution in [3.8, 4) is 0 Å². The maximum atomic E-state index is 12.2. The Bertz CT molecular complexity index is 726. The first kappa shape index (κ1) is 15.4. The third-order valence-electron chi connectivity index (χ3n) is 2.93. The van der Waals surface area contributed by atoms with Gasteiger partial charge in [-0.2, -0.15) is 0 Å². The van der Waals surface area contributed by atoms with Crippen molar-refractivity contribution in [2.24, 2.45) is 0 Å². The van der Waals surface area contributed by atoms with Crippen LogP contribution in [0.5, 0.6) is 0 Å². The number of anilines is 1. The number of aryl methyl sites for hydroxylation is 2. The largest absolute Gasteiger partial charge is 0.390 e. The molecule has 0 aliphatic rings. The molecule has 0 spiro atoms. The summed E-state index contributed by atoms with van der Waals surface area (Å²) in [6.45, 7) is 3.59. The van der Waals surface area contributed by atoms with Crippen LogP contribution < -0.4 is 4.72 Å². The minimum atomic E-state index is -3.80. The molecule has 114 valence electrons. The normalized spacial score (nSPS) is 11.6. The zero-order valence-corrected chi connectivity index (χ0v) is 12.6. The van der Waals surface area contributed by atoms with Crippen LogP contribution in [0.15, 0.2) is 17.2 Å². The molecule has 0 unspecified atom stereocenters. The summed E-state index contributed by atoms with van der Waals surface area (Å²) in [7, 11) is -3.80. The van der Waals surface area contributed by atoms with Gasteiger partial charge in [0.2, 0.25) is 0 Å². The molecule has 0 atom stereocenters. The summed E-state index contributed by atoms with van der Waals surface area (Å²) in [4.78, 5) is 6.85. The van der Waals surface area contributed by atoms with E-state index in [2.05, 4.69) is 24.9 Å². The summed E-state index contributed by atoms with van der Waals surface area (Å²) in [5.74, 6) is -0.0594. The van der Waals surface area contributed by atoms with E-state index in [4.69, 9.17) is 5.11 Å². The van der Waals surface area contributed by atoms with Crippen LogP contribution in [0.25, 0.3) is 0 Å². The molecule has 0 aliphatic heterocycles. The minimum Gasteiger partial charge on any atom is -0.390 e. The van der Waals surface area contributed by atoms with Gasteiger partial charge in [-0.3, -0.25) is 0 Å². The lowest BCUT2D eigenvalue weighted by Crippen LogP contribution is -2.16. The second-order valence-corrected chi connectivity index (χ2v) is 6.04. The molecule has 2 heterocycles. The van der Waals surface area contributed by atoms with Crippen LogP contribution in [0.4, 0.5) is 5.95 Å². The molecule has 0 amide bonds. The average Bonchev–Trinajstić information content (AvgIpc) is 2.96. The molecule has 0 aliphatic carbocycles. The van der Waals surface area contributed by atoms with E-state index in [1.54, 1.807) is 0 Å². The van der Waals surface area contributed by atoms with Crippen LogP contribution >= 0.6 is 0 Å². The first-order valence-electron chi connectivity index (χ1n) is 6.53. The third kappa shape index (κ3) is 3.37. The molecule has 2 aromatic rings. The summed E-state index contributed by atoms with van der Waals surface area (Å²) >= 11 is 0. The first-order chi connectivity index (χ1) is 10.00. The Hall–Kier alpha value is -2.00. The summed E-state index contributed by atoms with van der Waals surface area (Å²) in [5.41, 5.74) is 1.88. The molecule has 8 nitrogen and oxygen atoms in total. The van der Waals surface area contributed by atoms with E-state index in [1.807, 2.05) is 13.8 Å². The number of nitrogens with zero attached hydrogens (tertiary/aromatic N) is 3. The van der Waals surface area contributed by atoms with Crippen LogP contribution in [0.2, 0.25) is 0 Å². The van der Waals surface area contributed by atoms with Gasteiger partial charge in [0.25, 0.3) is 16.0 Å². The Balaban J connectivity index is 2.28. The lowest BCUT2D eigenvalue weighted by molar-refractivity contribution is 0.277. The average molecular weight is 311 g/mol. The van der Waals surface area contributed by atoms with Gasteiger partial charge < -0.3 is 10.1 Å². The smallest absolute Gasteiger partial charge is 0.265 e. The number of rotatable bonds is 6. The van der Waals surface area contributed by atoms with Crippen molar-refractivity contribution in [3.63, 3.8) is 0 Å². The van der Waals surface area contributed by atoms with E-state index in [-0.39, 0.29) is 17.5 Å². The molecule has 0 bridgehead atoms. The van der Waals surface area contributed by atoms with Crippen LogP contribution in [0.3, 0.4) is 0 Å². The van der Waals surface area contributed by atoms with Gasteiger partial charge >= 0.3 is 0 Å². The number of sulfonamides is 1. The highest BCUT2D eigenvalue weighted by atomic mass is 32.2. The predicted molar refractivity (Wildman–Crippen MR) is 76.1 cm³/mol. The van der Waals surface area contributed by atoms with Crippen LogP contribution in [-0.2, 0) is 29.5 Å². The second kappa shape index (κ2) is 6.19. The maximum Gasteiger partial charge on any atom is 0.265 e. The zero-order valence-electron chi connectivity index (χ0n) is 11.8. The summed E-state index contributed by atoms with van der Waals surface area (Å²) < 4.78 is 26.6. The third-order valence-corrected chi connectivity index (χ3v) is 4.24. The van der Waals surface area contributed by atoms with Gasteiger partial charge in [-0.25, -0.2) is 18.1 Å². The number of aromatic amines is 1. The van der Waals surface area contributed by atoms with Gasteiger partial charge in [-0.15, -0.1) is 10.2 Å². The van der Waals surface area contributed by atoms with Crippen molar-refractivity contribution >= 4 is 16.0 Å². The molecule has 2 rings (SSSR count). The number of aliphatic hydroxyl groups excluding tert-OH is 1. The molecule has 0 aromatic carbocycles. The molecule has 0 saturated heterocycles. The highest BCUT2D eigenvalue weighted by Gasteiger charge is 2.18. The molecule has 3 N–H and O–H groups in total. The topological polar surface area (TPSA) is 121 Å². The molecule has 0 radical (unpaired) electrons. The maximum absolute atomic E-state index is 12.2. The van der Waals surface area contributed by atoms with E-state index in [0.717, 1.165) is 11.4 Å². The van der Waals surface area contributed by atoms with E-state index in [1.165, 1.54) is 12.3 Å². The van der Waals surface area contributed by atoms with Gasteiger partial charge in [0.15, 0.2) is 0 Å². The Kier molecular flexibility index (Phi) is 4.53. The van der Waals surface area contributed by atoms with Crippen molar-refractivity contribution in [1.29, 1.82) is 0 Å². The molecular weight excluding hydrogens is 294 g/mol. The quantitative estimate of drug-likeness (QED) is 0.719. The highest BCUT2D eigenvalue weighted by Crippen LogP contribution is 2.15. The first-order valence-corrected chi connectivity index (χ1v) is 8.01. The Labute approximate surface area is 122 Å². The van der Waals surface area contributed by atoms with Gasteiger partial charge in [0.05, 0.1) is 18.0 Å². The summed E-state index contributed by atoms with van der Waals surface area (Å²) in [5, 5.41) is 16.7. The van der Waals surface area contributed by atoms with Gasteiger partial charge in [0.1, 0.15) is 4.90 Å². The summed E-state index contributed by atoms with van der Waals surface area (Å²) in [6.07, 6.45) is 2.63. The molecule has 0 fully saturated rings. The van der Waals surface area contributed by atoms with Gasteiger partial charge in [-0.1, -0.05) is 13.8 Å². The monoisotopic (exact) mass is 311 g/mol. The van der Waals surface area contributed by atoms with E-state index >= 15 is 0 Å².